The van der Waals surface area contributed by atoms with E-state index in [9.17, 15) is 0 Å². The van der Waals surface area contributed by atoms with E-state index in [1.54, 1.807) is 0 Å². The number of rotatable bonds is 4. The number of nitrogens with zero attached hydrogens (tertiary/aromatic N) is 3. The second-order valence-electron chi connectivity index (χ2n) is 5.45. The Morgan fingerprint density at radius 3 is 2.37 bits per heavy atom. The van der Waals surface area contributed by atoms with Gasteiger partial charge < -0.3 is 15.4 Å². The number of nitrogens with two attached hydrogens (primary N) is 1. The smallest absolute Gasteiger partial charge is 0.191 e. The molecule has 0 amide bonds. The maximum absolute atomic E-state index is 6.08. The SMILES string of the molecule is NC(=NCCCN1CCOCC1)N1CCCCCC1. The zero-order valence-corrected chi connectivity index (χ0v) is 12.0. The number of ether oxygens (including phenoxy) is 1. The number of hydrogen-bond acceptors (Lipinski definition) is 3. The summed E-state index contributed by atoms with van der Waals surface area (Å²) < 4.78 is 5.34. The Morgan fingerprint density at radius 1 is 1.00 bits per heavy atom. The van der Waals surface area contributed by atoms with Gasteiger partial charge in [-0.15, -0.1) is 0 Å². The van der Waals surface area contributed by atoms with E-state index < -0.39 is 0 Å². The monoisotopic (exact) mass is 268 g/mol. The van der Waals surface area contributed by atoms with Crippen LogP contribution in [0.2, 0.25) is 0 Å². The van der Waals surface area contributed by atoms with Gasteiger partial charge in [0.25, 0.3) is 0 Å². The molecule has 2 aliphatic heterocycles. The molecule has 19 heavy (non-hydrogen) atoms. The Bertz CT molecular complexity index is 269. The van der Waals surface area contributed by atoms with Crippen molar-refractivity contribution in [1.82, 2.24) is 9.80 Å². The van der Waals surface area contributed by atoms with Gasteiger partial charge in [-0.3, -0.25) is 9.89 Å². The highest BCUT2D eigenvalue weighted by atomic mass is 16.5. The van der Waals surface area contributed by atoms with Gasteiger partial charge in [-0.05, 0) is 19.3 Å². The molecule has 2 rings (SSSR count). The highest BCUT2D eigenvalue weighted by molar-refractivity contribution is 5.78. The highest BCUT2D eigenvalue weighted by Crippen LogP contribution is 2.09. The molecule has 2 N–H and O–H groups in total. The minimum absolute atomic E-state index is 0.754. The number of morpholine rings is 1. The van der Waals surface area contributed by atoms with Crippen molar-refractivity contribution in [2.75, 3.05) is 52.5 Å². The van der Waals surface area contributed by atoms with Crippen LogP contribution in [-0.2, 0) is 4.74 Å². The van der Waals surface area contributed by atoms with Gasteiger partial charge >= 0.3 is 0 Å². The van der Waals surface area contributed by atoms with Crippen molar-refractivity contribution in [2.45, 2.75) is 32.1 Å². The van der Waals surface area contributed by atoms with Gasteiger partial charge in [0.1, 0.15) is 0 Å². The summed E-state index contributed by atoms with van der Waals surface area (Å²) in [6, 6.07) is 0. The summed E-state index contributed by atoms with van der Waals surface area (Å²) in [5.74, 6) is 0.754. The molecule has 2 aliphatic rings. The zero-order valence-electron chi connectivity index (χ0n) is 12.0. The lowest BCUT2D eigenvalue weighted by molar-refractivity contribution is 0.0377. The molecule has 0 bridgehead atoms. The van der Waals surface area contributed by atoms with Crippen molar-refractivity contribution in [1.29, 1.82) is 0 Å². The van der Waals surface area contributed by atoms with E-state index in [2.05, 4.69) is 14.8 Å². The summed E-state index contributed by atoms with van der Waals surface area (Å²) in [5, 5.41) is 0. The second-order valence-corrected chi connectivity index (χ2v) is 5.45. The van der Waals surface area contributed by atoms with Gasteiger partial charge in [0, 0.05) is 39.3 Å². The first-order valence-electron chi connectivity index (χ1n) is 7.71. The number of aliphatic imine (C=N–C) groups is 1. The average Bonchev–Trinajstić information content (AvgIpc) is 2.73. The van der Waals surface area contributed by atoms with Crippen LogP contribution in [0.15, 0.2) is 4.99 Å². The molecule has 0 aromatic heterocycles. The van der Waals surface area contributed by atoms with E-state index in [0.717, 1.165) is 64.9 Å². The fraction of sp³-hybridized carbons (Fsp3) is 0.929. The number of likely N-dealkylation sites (tertiary alicyclic amines) is 1. The average molecular weight is 268 g/mol. The van der Waals surface area contributed by atoms with Crippen LogP contribution in [0.5, 0.6) is 0 Å². The van der Waals surface area contributed by atoms with E-state index in [4.69, 9.17) is 10.5 Å². The van der Waals surface area contributed by atoms with E-state index in [1.165, 1.54) is 25.7 Å². The standard InChI is InChI=1S/C14H28N4O/c15-14(18-8-3-1-2-4-9-18)16-6-5-7-17-10-12-19-13-11-17/h1-13H2,(H2,15,16). The van der Waals surface area contributed by atoms with Gasteiger partial charge in [0.2, 0.25) is 0 Å². The van der Waals surface area contributed by atoms with Gasteiger partial charge in [-0.2, -0.15) is 0 Å². The lowest BCUT2D eigenvalue weighted by Crippen LogP contribution is -2.38. The lowest BCUT2D eigenvalue weighted by Gasteiger charge is -2.26. The summed E-state index contributed by atoms with van der Waals surface area (Å²) in [5.41, 5.74) is 6.08. The van der Waals surface area contributed by atoms with Crippen molar-refractivity contribution < 1.29 is 4.74 Å². The zero-order chi connectivity index (χ0) is 13.3. The van der Waals surface area contributed by atoms with Crippen molar-refractivity contribution in [2.24, 2.45) is 10.7 Å². The van der Waals surface area contributed by atoms with Crippen LogP contribution in [0.4, 0.5) is 0 Å². The molecule has 0 aromatic carbocycles. The molecular weight excluding hydrogens is 240 g/mol. The fourth-order valence-electron chi connectivity index (χ4n) is 2.71. The first-order chi connectivity index (χ1) is 9.36. The molecule has 0 atom stereocenters. The Balaban J connectivity index is 1.63. The normalized spacial score (nSPS) is 23.4. The molecule has 0 radical (unpaired) electrons. The van der Waals surface area contributed by atoms with E-state index in [1.807, 2.05) is 0 Å². The molecule has 0 saturated carbocycles. The Morgan fingerprint density at radius 2 is 1.68 bits per heavy atom. The molecule has 0 aliphatic carbocycles. The van der Waals surface area contributed by atoms with E-state index in [0.29, 0.717) is 0 Å². The summed E-state index contributed by atoms with van der Waals surface area (Å²) in [7, 11) is 0. The largest absolute Gasteiger partial charge is 0.379 e. The molecule has 0 unspecified atom stereocenters. The van der Waals surface area contributed by atoms with Crippen LogP contribution in [0.25, 0.3) is 0 Å². The van der Waals surface area contributed by atoms with Gasteiger partial charge in [-0.1, -0.05) is 12.8 Å². The molecule has 2 heterocycles. The summed E-state index contributed by atoms with van der Waals surface area (Å²) >= 11 is 0. The van der Waals surface area contributed by atoms with Crippen LogP contribution < -0.4 is 5.73 Å². The summed E-state index contributed by atoms with van der Waals surface area (Å²) in [6.45, 7) is 7.99. The van der Waals surface area contributed by atoms with Crippen molar-refractivity contribution in [3.63, 3.8) is 0 Å². The Hall–Kier alpha value is -0.810. The molecule has 2 saturated heterocycles. The molecule has 5 nitrogen and oxygen atoms in total. The van der Waals surface area contributed by atoms with Crippen LogP contribution in [-0.4, -0.2) is 68.2 Å². The first-order valence-corrected chi connectivity index (χ1v) is 7.71. The lowest BCUT2D eigenvalue weighted by atomic mass is 10.2. The number of guanidine groups is 1. The summed E-state index contributed by atoms with van der Waals surface area (Å²) in [6.07, 6.45) is 6.27. The predicted octanol–water partition coefficient (Wildman–Crippen LogP) is 0.899. The third kappa shape index (κ3) is 5.37. The number of hydrogen-bond donors (Lipinski definition) is 1. The quantitative estimate of drug-likeness (QED) is 0.467. The van der Waals surface area contributed by atoms with Crippen molar-refractivity contribution >= 4 is 5.96 Å². The Labute approximate surface area is 116 Å². The third-order valence-electron chi connectivity index (χ3n) is 3.94. The minimum atomic E-state index is 0.754. The minimum Gasteiger partial charge on any atom is -0.379 e. The molecular formula is C14H28N4O. The van der Waals surface area contributed by atoms with Crippen molar-refractivity contribution in [3.05, 3.63) is 0 Å². The third-order valence-corrected chi connectivity index (χ3v) is 3.94. The molecule has 0 aromatic rings. The maximum Gasteiger partial charge on any atom is 0.191 e. The van der Waals surface area contributed by atoms with Gasteiger partial charge in [0.15, 0.2) is 5.96 Å². The predicted molar refractivity (Wildman–Crippen MR) is 78.4 cm³/mol. The topological polar surface area (TPSA) is 54.1 Å². The molecule has 5 heteroatoms. The Kier molecular flexibility index (Phi) is 6.44. The van der Waals surface area contributed by atoms with E-state index in [-0.39, 0.29) is 0 Å². The maximum atomic E-state index is 6.08. The van der Waals surface area contributed by atoms with Crippen LogP contribution >= 0.6 is 0 Å². The molecule has 0 spiro atoms. The van der Waals surface area contributed by atoms with E-state index >= 15 is 0 Å². The second kappa shape index (κ2) is 8.38. The van der Waals surface area contributed by atoms with Crippen LogP contribution in [0, 0.1) is 0 Å². The van der Waals surface area contributed by atoms with Crippen LogP contribution in [0.3, 0.4) is 0 Å². The highest BCUT2D eigenvalue weighted by Gasteiger charge is 2.11. The summed E-state index contributed by atoms with van der Waals surface area (Å²) in [4.78, 5) is 9.23. The molecule has 110 valence electrons. The van der Waals surface area contributed by atoms with Gasteiger partial charge in [0.05, 0.1) is 13.2 Å². The molecule has 2 fully saturated rings. The van der Waals surface area contributed by atoms with Crippen molar-refractivity contribution in [3.8, 4) is 0 Å². The van der Waals surface area contributed by atoms with Gasteiger partial charge in [-0.25, -0.2) is 0 Å². The fourth-order valence-corrected chi connectivity index (χ4v) is 2.71. The first kappa shape index (κ1) is 14.6. The van der Waals surface area contributed by atoms with Crippen LogP contribution in [0.1, 0.15) is 32.1 Å².